The highest BCUT2D eigenvalue weighted by molar-refractivity contribution is 5.74. The van der Waals surface area contributed by atoms with Gasteiger partial charge in [-0.15, -0.1) is 0 Å². The van der Waals surface area contributed by atoms with Crippen LogP contribution in [-0.2, 0) is 4.79 Å². The van der Waals surface area contributed by atoms with Gasteiger partial charge < -0.3 is 0 Å². The lowest BCUT2D eigenvalue weighted by Gasteiger charge is -2.05. The van der Waals surface area contributed by atoms with Gasteiger partial charge in [-0.2, -0.15) is 0 Å². The Balaban J connectivity index is 2.63. The Labute approximate surface area is 70.2 Å². The highest BCUT2D eigenvalue weighted by Crippen LogP contribution is 2.03. The third-order valence-corrected chi connectivity index (χ3v) is 1.24. The van der Waals surface area contributed by atoms with E-state index in [9.17, 15) is 4.79 Å². The molecule has 1 aromatic rings. The van der Waals surface area contributed by atoms with Crippen molar-refractivity contribution < 1.29 is 4.79 Å². The molecule has 1 amide bonds. The Morgan fingerprint density at radius 1 is 1.42 bits per heavy atom. The number of hydrogen-bond acceptors (Lipinski definition) is 4. The number of aryl methyl sites for hydroxylation is 1. The van der Waals surface area contributed by atoms with Gasteiger partial charge in [0.05, 0.1) is 5.69 Å². The second kappa shape index (κ2) is 3.66. The summed E-state index contributed by atoms with van der Waals surface area (Å²) in [5, 5.41) is 0. The predicted molar refractivity (Wildman–Crippen MR) is 44.2 cm³/mol. The van der Waals surface area contributed by atoms with Gasteiger partial charge in [0.2, 0.25) is 5.91 Å². The molecule has 0 saturated heterocycles. The lowest BCUT2D eigenvalue weighted by Crippen LogP contribution is -2.27. The molecule has 0 atom stereocenters. The summed E-state index contributed by atoms with van der Waals surface area (Å²) in [6.45, 7) is 3.22. The van der Waals surface area contributed by atoms with Crippen LogP contribution in [0, 0.1) is 6.92 Å². The highest BCUT2D eigenvalue weighted by atomic mass is 16.2. The Kier molecular flexibility index (Phi) is 2.57. The number of rotatable bonds is 2. The molecule has 5 heteroatoms. The van der Waals surface area contributed by atoms with E-state index in [4.69, 9.17) is 0 Å². The second-order valence-corrected chi connectivity index (χ2v) is 2.30. The molecule has 0 saturated carbocycles. The van der Waals surface area contributed by atoms with Crippen molar-refractivity contribution in [3.63, 3.8) is 0 Å². The number of carbonyl (C=O) groups is 1. The summed E-state index contributed by atoms with van der Waals surface area (Å²) in [6, 6.07) is 0. The molecule has 1 aromatic heterocycles. The molecule has 0 aliphatic carbocycles. The molecule has 64 valence electrons. The Bertz CT molecular complexity index is 286. The van der Waals surface area contributed by atoms with Crippen LogP contribution in [0.3, 0.4) is 0 Å². The minimum Gasteiger partial charge on any atom is -0.280 e. The van der Waals surface area contributed by atoms with Crippen molar-refractivity contribution in [2.45, 2.75) is 13.8 Å². The van der Waals surface area contributed by atoms with E-state index in [0.717, 1.165) is 5.69 Å². The van der Waals surface area contributed by atoms with Crippen LogP contribution in [0.15, 0.2) is 12.4 Å². The summed E-state index contributed by atoms with van der Waals surface area (Å²) in [4.78, 5) is 18.4. The van der Waals surface area contributed by atoms with E-state index in [1.807, 2.05) is 0 Å². The smallest absolute Gasteiger partial charge is 0.235 e. The number of aromatic nitrogens is 2. The summed E-state index contributed by atoms with van der Waals surface area (Å²) in [7, 11) is 0. The second-order valence-electron chi connectivity index (χ2n) is 2.30. The molecule has 1 heterocycles. The van der Waals surface area contributed by atoms with Gasteiger partial charge in [-0.25, -0.2) is 4.98 Å². The van der Waals surface area contributed by atoms with E-state index < -0.39 is 0 Å². The zero-order chi connectivity index (χ0) is 8.97. The zero-order valence-corrected chi connectivity index (χ0v) is 6.96. The number of anilines is 1. The maximum atomic E-state index is 10.5. The molecule has 0 aliphatic heterocycles. The van der Waals surface area contributed by atoms with E-state index >= 15 is 0 Å². The summed E-state index contributed by atoms with van der Waals surface area (Å²) in [5.41, 5.74) is 5.79. The summed E-state index contributed by atoms with van der Waals surface area (Å²) in [5.74, 6) is 0.396. The fourth-order valence-corrected chi connectivity index (χ4v) is 0.678. The molecule has 12 heavy (non-hydrogen) atoms. The normalized spacial score (nSPS) is 9.17. The van der Waals surface area contributed by atoms with Crippen LogP contribution in [0.1, 0.15) is 12.6 Å². The van der Waals surface area contributed by atoms with Crippen molar-refractivity contribution in [1.29, 1.82) is 0 Å². The van der Waals surface area contributed by atoms with E-state index in [-0.39, 0.29) is 5.91 Å². The minimum atomic E-state index is -0.167. The SMILES string of the molecule is CC(=O)NNc1nccnc1C. The predicted octanol–water partition coefficient (Wildman–Crippen LogP) is 0.248. The van der Waals surface area contributed by atoms with Crippen LogP contribution < -0.4 is 10.9 Å². The third-order valence-electron chi connectivity index (χ3n) is 1.24. The van der Waals surface area contributed by atoms with Crippen LogP contribution in [0.25, 0.3) is 0 Å². The molecule has 0 aliphatic rings. The molecular formula is C7H10N4O. The van der Waals surface area contributed by atoms with E-state index in [2.05, 4.69) is 20.8 Å². The largest absolute Gasteiger partial charge is 0.280 e. The first kappa shape index (κ1) is 8.45. The Morgan fingerprint density at radius 3 is 2.67 bits per heavy atom. The quantitative estimate of drug-likeness (QED) is 0.618. The number of carbonyl (C=O) groups excluding carboxylic acids is 1. The number of nitrogens with one attached hydrogen (secondary N) is 2. The summed E-state index contributed by atoms with van der Waals surface area (Å²) in [6.07, 6.45) is 3.14. The molecule has 0 fully saturated rings. The number of hydrogen-bond donors (Lipinski definition) is 2. The van der Waals surface area contributed by atoms with Gasteiger partial charge in [0.1, 0.15) is 0 Å². The first-order valence-electron chi connectivity index (χ1n) is 3.50. The van der Waals surface area contributed by atoms with Gasteiger partial charge in [0.25, 0.3) is 0 Å². The third kappa shape index (κ3) is 2.19. The fraction of sp³-hybridized carbons (Fsp3) is 0.286. The van der Waals surface area contributed by atoms with E-state index in [1.165, 1.54) is 6.92 Å². The number of amides is 1. The molecule has 0 radical (unpaired) electrons. The topological polar surface area (TPSA) is 66.9 Å². The van der Waals surface area contributed by atoms with Crippen LogP contribution >= 0.6 is 0 Å². The van der Waals surface area contributed by atoms with Gasteiger partial charge in [0, 0.05) is 19.3 Å². The van der Waals surface area contributed by atoms with Crippen molar-refractivity contribution in [3.8, 4) is 0 Å². The van der Waals surface area contributed by atoms with Crippen LogP contribution in [0.2, 0.25) is 0 Å². The monoisotopic (exact) mass is 166 g/mol. The van der Waals surface area contributed by atoms with Crippen molar-refractivity contribution >= 4 is 11.7 Å². The first-order valence-corrected chi connectivity index (χ1v) is 3.50. The van der Waals surface area contributed by atoms with Crippen molar-refractivity contribution in [2.75, 3.05) is 5.43 Å². The Hall–Kier alpha value is -1.65. The maximum absolute atomic E-state index is 10.5. The van der Waals surface area contributed by atoms with Crippen molar-refractivity contribution in [2.24, 2.45) is 0 Å². The van der Waals surface area contributed by atoms with Crippen LogP contribution in [0.5, 0.6) is 0 Å². The minimum absolute atomic E-state index is 0.167. The lowest BCUT2D eigenvalue weighted by atomic mass is 10.5. The fourth-order valence-electron chi connectivity index (χ4n) is 0.678. The lowest BCUT2D eigenvalue weighted by molar-refractivity contribution is -0.118. The average molecular weight is 166 g/mol. The Morgan fingerprint density at radius 2 is 2.08 bits per heavy atom. The molecule has 0 aromatic carbocycles. The average Bonchev–Trinajstić information content (AvgIpc) is 2.03. The highest BCUT2D eigenvalue weighted by Gasteiger charge is 1.97. The van der Waals surface area contributed by atoms with Gasteiger partial charge >= 0.3 is 0 Å². The van der Waals surface area contributed by atoms with Crippen LogP contribution in [-0.4, -0.2) is 15.9 Å². The van der Waals surface area contributed by atoms with Crippen molar-refractivity contribution in [1.82, 2.24) is 15.4 Å². The molecule has 0 unspecified atom stereocenters. The van der Waals surface area contributed by atoms with Crippen LogP contribution in [0.4, 0.5) is 5.82 Å². The first-order chi connectivity index (χ1) is 5.70. The van der Waals surface area contributed by atoms with Gasteiger partial charge in [-0.1, -0.05) is 0 Å². The number of hydrazine groups is 1. The van der Waals surface area contributed by atoms with Gasteiger partial charge in [0.15, 0.2) is 5.82 Å². The summed E-state index contributed by atoms with van der Waals surface area (Å²) < 4.78 is 0. The van der Waals surface area contributed by atoms with E-state index in [1.54, 1.807) is 19.3 Å². The maximum Gasteiger partial charge on any atom is 0.235 e. The molecule has 2 N–H and O–H groups in total. The molecule has 5 nitrogen and oxygen atoms in total. The molecule has 0 spiro atoms. The summed E-state index contributed by atoms with van der Waals surface area (Å²) >= 11 is 0. The molecular weight excluding hydrogens is 156 g/mol. The molecule has 1 rings (SSSR count). The number of nitrogens with zero attached hydrogens (tertiary/aromatic N) is 2. The standard InChI is InChI=1S/C7H10N4O/c1-5-7(9-4-3-8-5)11-10-6(2)12/h3-4H,1-2H3,(H,9,11)(H,10,12). The van der Waals surface area contributed by atoms with E-state index in [0.29, 0.717) is 5.82 Å². The van der Waals surface area contributed by atoms with Gasteiger partial charge in [-0.05, 0) is 6.92 Å². The van der Waals surface area contributed by atoms with Gasteiger partial charge in [-0.3, -0.25) is 20.6 Å². The zero-order valence-electron chi connectivity index (χ0n) is 6.96. The molecule has 0 bridgehead atoms. The van der Waals surface area contributed by atoms with Crippen molar-refractivity contribution in [3.05, 3.63) is 18.1 Å².